The van der Waals surface area contributed by atoms with E-state index in [9.17, 15) is 4.79 Å². The lowest BCUT2D eigenvalue weighted by Gasteiger charge is -2.22. The molecule has 4 heteroatoms. The van der Waals surface area contributed by atoms with Crippen LogP contribution in [0.4, 0.5) is 5.69 Å². The Balaban J connectivity index is 3.11. The molecule has 0 bridgehead atoms. The second-order valence-corrected chi connectivity index (χ2v) is 5.07. The number of carbonyl (C=O) groups excluding carboxylic acids is 1. The van der Waals surface area contributed by atoms with Crippen LogP contribution in [0.1, 0.15) is 38.7 Å². The van der Waals surface area contributed by atoms with Gasteiger partial charge >= 0.3 is 0 Å². The van der Waals surface area contributed by atoms with Crippen LogP contribution in [0, 0.1) is 5.92 Å². The first-order valence-electron chi connectivity index (χ1n) is 6.65. The van der Waals surface area contributed by atoms with Gasteiger partial charge in [0.05, 0.1) is 12.8 Å². The van der Waals surface area contributed by atoms with Crippen LogP contribution >= 0.6 is 0 Å². The zero-order valence-corrected chi connectivity index (χ0v) is 12.2. The van der Waals surface area contributed by atoms with Crippen LogP contribution in [0.5, 0.6) is 5.75 Å². The number of hydrogen-bond acceptors (Lipinski definition) is 3. The van der Waals surface area contributed by atoms with Gasteiger partial charge in [-0.15, -0.1) is 0 Å². The van der Waals surface area contributed by atoms with Crippen LogP contribution in [0.3, 0.4) is 0 Å². The zero-order valence-electron chi connectivity index (χ0n) is 12.2. The van der Waals surface area contributed by atoms with E-state index in [0.29, 0.717) is 24.1 Å². The monoisotopic (exact) mass is 264 g/mol. The highest BCUT2D eigenvalue weighted by Crippen LogP contribution is 2.33. The lowest BCUT2D eigenvalue weighted by atomic mass is 9.85. The molecule has 0 heterocycles. The molecular weight excluding hydrogens is 240 g/mol. The van der Waals surface area contributed by atoms with Gasteiger partial charge in [-0.25, -0.2) is 0 Å². The average Bonchev–Trinajstić information content (AvgIpc) is 2.34. The van der Waals surface area contributed by atoms with E-state index < -0.39 is 0 Å². The van der Waals surface area contributed by atoms with Crippen LogP contribution in [0.15, 0.2) is 18.2 Å². The van der Waals surface area contributed by atoms with Gasteiger partial charge in [0.15, 0.2) is 0 Å². The van der Waals surface area contributed by atoms with Crippen LogP contribution in [-0.4, -0.2) is 19.6 Å². The SMILES string of the molecule is COc1ccc(C(CCN)C(C)C)cc1NC(C)=O. The van der Waals surface area contributed by atoms with E-state index in [0.717, 1.165) is 12.1 Å². The van der Waals surface area contributed by atoms with Crippen molar-refractivity contribution < 1.29 is 9.53 Å². The lowest BCUT2D eigenvalue weighted by molar-refractivity contribution is -0.114. The molecular formula is C15H24N2O2. The molecule has 0 radical (unpaired) electrons. The maximum absolute atomic E-state index is 11.2. The van der Waals surface area contributed by atoms with Crippen LogP contribution in [0.25, 0.3) is 0 Å². The summed E-state index contributed by atoms with van der Waals surface area (Å²) in [6.07, 6.45) is 0.934. The Bertz CT molecular complexity index is 430. The zero-order chi connectivity index (χ0) is 14.4. The van der Waals surface area contributed by atoms with Gasteiger partial charge in [0, 0.05) is 6.92 Å². The molecule has 0 aromatic heterocycles. The summed E-state index contributed by atoms with van der Waals surface area (Å²) in [4.78, 5) is 11.2. The largest absolute Gasteiger partial charge is 0.495 e. The van der Waals surface area contributed by atoms with Gasteiger partial charge in [-0.3, -0.25) is 4.79 Å². The molecule has 106 valence electrons. The molecule has 1 atom stereocenters. The minimum absolute atomic E-state index is 0.102. The Kier molecular flexibility index (Phi) is 5.83. The quantitative estimate of drug-likeness (QED) is 0.830. The Morgan fingerprint density at radius 2 is 2.11 bits per heavy atom. The first-order valence-corrected chi connectivity index (χ1v) is 6.65. The van der Waals surface area contributed by atoms with Crippen LogP contribution in [0.2, 0.25) is 0 Å². The maximum atomic E-state index is 11.2. The van der Waals surface area contributed by atoms with Crippen LogP contribution in [-0.2, 0) is 4.79 Å². The highest BCUT2D eigenvalue weighted by atomic mass is 16.5. The molecule has 0 aliphatic rings. The predicted molar refractivity (Wildman–Crippen MR) is 78.5 cm³/mol. The molecule has 0 spiro atoms. The lowest BCUT2D eigenvalue weighted by Crippen LogP contribution is -2.14. The smallest absolute Gasteiger partial charge is 0.221 e. The first-order chi connectivity index (χ1) is 8.99. The molecule has 1 aromatic rings. The Labute approximate surface area is 115 Å². The summed E-state index contributed by atoms with van der Waals surface area (Å²) >= 11 is 0. The second kappa shape index (κ2) is 7.14. The minimum atomic E-state index is -0.102. The molecule has 3 N–H and O–H groups in total. The third-order valence-corrected chi connectivity index (χ3v) is 3.24. The number of nitrogens with two attached hydrogens (primary N) is 1. The van der Waals surface area contributed by atoms with Crippen molar-refractivity contribution in [2.24, 2.45) is 11.7 Å². The number of benzene rings is 1. The molecule has 0 aliphatic carbocycles. The average molecular weight is 264 g/mol. The molecule has 1 unspecified atom stereocenters. The highest BCUT2D eigenvalue weighted by molar-refractivity contribution is 5.90. The number of amides is 1. The fourth-order valence-electron chi connectivity index (χ4n) is 2.31. The van der Waals surface area contributed by atoms with E-state index in [4.69, 9.17) is 10.5 Å². The van der Waals surface area contributed by atoms with Crippen molar-refractivity contribution >= 4 is 11.6 Å². The molecule has 1 aromatic carbocycles. The molecule has 19 heavy (non-hydrogen) atoms. The van der Waals surface area contributed by atoms with E-state index in [2.05, 4.69) is 19.2 Å². The van der Waals surface area contributed by atoms with Gasteiger partial charge in [-0.1, -0.05) is 19.9 Å². The summed E-state index contributed by atoms with van der Waals surface area (Å²) in [7, 11) is 1.60. The number of nitrogens with one attached hydrogen (secondary N) is 1. The minimum Gasteiger partial charge on any atom is -0.495 e. The molecule has 1 amide bonds. The topological polar surface area (TPSA) is 64.3 Å². The molecule has 1 rings (SSSR count). The normalized spacial score (nSPS) is 12.3. The van der Waals surface area contributed by atoms with Gasteiger partial charge in [0.25, 0.3) is 0 Å². The van der Waals surface area contributed by atoms with E-state index in [1.165, 1.54) is 12.5 Å². The highest BCUT2D eigenvalue weighted by Gasteiger charge is 2.17. The van der Waals surface area contributed by atoms with Crippen molar-refractivity contribution in [3.05, 3.63) is 23.8 Å². The molecule has 0 fully saturated rings. The number of anilines is 1. The van der Waals surface area contributed by atoms with Crippen molar-refractivity contribution in [1.29, 1.82) is 0 Å². The van der Waals surface area contributed by atoms with E-state index >= 15 is 0 Å². The Morgan fingerprint density at radius 3 is 2.58 bits per heavy atom. The molecule has 0 saturated carbocycles. The van der Waals surface area contributed by atoms with E-state index in [-0.39, 0.29) is 5.91 Å². The molecule has 0 aliphatic heterocycles. The fourth-order valence-corrected chi connectivity index (χ4v) is 2.31. The number of hydrogen-bond donors (Lipinski definition) is 2. The van der Waals surface area contributed by atoms with Gasteiger partial charge in [-0.05, 0) is 42.5 Å². The summed E-state index contributed by atoms with van der Waals surface area (Å²) < 4.78 is 5.26. The number of ether oxygens (including phenoxy) is 1. The van der Waals surface area contributed by atoms with Crippen molar-refractivity contribution in [1.82, 2.24) is 0 Å². The summed E-state index contributed by atoms with van der Waals surface area (Å²) in [5.41, 5.74) is 7.59. The van der Waals surface area contributed by atoms with Gasteiger partial charge < -0.3 is 15.8 Å². The second-order valence-electron chi connectivity index (χ2n) is 5.07. The van der Waals surface area contributed by atoms with Gasteiger partial charge in [0.1, 0.15) is 5.75 Å². The van der Waals surface area contributed by atoms with Crippen molar-refractivity contribution in [2.75, 3.05) is 19.0 Å². The fraction of sp³-hybridized carbons (Fsp3) is 0.533. The molecule has 0 saturated heterocycles. The van der Waals surface area contributed by atoms with E-state index in [1.807, 2.05) is 18.2 Å². The summed E-state index contributed by atoms with van der Waals surface area (Å²) in [5.74, 6) is 1.47. The summed E-state index contributed by atoms with van der Waals surface area (Å²) in [6.45, 7) is 6.52. The predicted octanol–water partition coefficient (Wildman–Crippen LogP) is 2.74. The number of carbonyl (C=O) groups is 1. The Morgan fingerprint density at radius 1 is 1.42 bits per heavy atom. The van der Waals surface area contributed by atoms with Crippen molar-refractivity contribution in [3.63, 3.8) is 0 Å². The third-order valence-electron chi connectivity index (χ3n) is 3.24. The standard InChI is InChI=1S/C15H24N2O2/c1-10(2)13(7-8-16)12-5-6-15(19-4)14(9-12)17-11(3)18/h5-6,9-10,13H,7-8,16H2,1-4H3,(H,17,18). The van der Waals surface area contributed by atoms with Crippen LogP contribution < -0.4 is 15.8 Å². The van der Waals surface area contributed by atoms with Gasteiger partial charge in [-0.2, -0.15) is 0 Å². The summed E-state index contributed by atoms with van der Waals surface area (Å²) in [5, 5.41) is 2.81. The molecule has 4 nitrogen and oxygen atoms in total. The van der Waals surface area contributed by atoms with E-state index in [1.54, 1.807) is 7.11 Å². The van der Waals surface area contributed by atoms with Crippen molar-refractivity contribution in [2.45, 2.75) is 33.1 Å². The Hall–Kier alpha value is -1.55. The first kappa shape index (κ1) is 15.5. The van der Waals surface area contributed by atoms with Gasteiger partial charge in [0.2, 0.25) is 5.91 Å². The third kappa shape index (κ3) is 4.24. The van der Waals surface area contributed by atoms with Crippen molar-refractivity contribution in [3.8, 4) is 5.75 Å². The number of rotatable bonds is 6. The maximum Gasteiger partial charge on any atom is 0.221 e. The number of methoxy groups -OCH3 is 1. The summed E-state index contributed by atoms with van der Waals surface area (Å²) in [6, 6.07) is 5.93.